The Morgan fingerprint density at radius 3 is 2.82 bits per heavy atom. The largest absolute Gasteiger partial charge is 0.492 e. The van der Waals surface area contributed by atoms with E-state index in [0.29, 0.717) is 23.6 Å². The van der Waals surface area contributed by atoms with Crippen molar-refractivity contribution in [2.45, 2.75) is 19.9 Å². The highest BCUT2D eigenvalue weighted by atomic mass is 16.5. The van der Waals surface area contributed by atoms with E-state index in [0.717, 1.165) is 0 Å². The molecule has 4 N–H and O–H groups in total. The van der Waals surface area contributed by atoms with E-state index in [2.05, 4.69) is 5.32 Å². The summed E-state index contributed by atoms with van der Waals surface area (Å²) in [6.45, 7) is 4.01. The molecule has 94 valence electrons. The van der Waals surface area contributed by atoms with Crippen LogP contribution in [0.2, 0.25) is 0 Å². The number of nitrogens with one attached hydrogen (secondary N) is 1. The molecule has 0 heterocycles. The third-order valence-corrected chi connectivity index (χ3v) is 2.22. The first kappa shape index (κ1) is 13.3. The zero-order valence-corrected chi connectivity index (χ0v) is 10.1. The van der Waals surface area contributed by atoms with Gasteiger partial charge in [0.1, 0.15) is 5.75 Å². The van der Waals surface area contributed by atoms with Crippen LogP contribution in [0.1, 0.15) is 24.2 Å². The maximum absolute atomic E-state index is 11.7. The van der Waals surface area contributed by atoms with Gasteiger partial charge in [0.25, 0.3) is 5.91 Å². The molecule has 1 aromatic carbocycles. The molecule has 0 spiro atoms. The van der Waals surface area contributed by atoms with E-state index in [4.69, 9.17) is 15.6 Å². The number of benzene rings is 1. The fourth-order valence-corrected chi connectivity index (χ4v) is 1.33. The minimum absolute atomic E-state index is 0.0990. The van der Waals surface area contributed by atoms with E-state index in [9.17, 15) is 4.79 Å². The molecule has 17 heavy (non-hydrogen) atoms. The summed E-state index contributed by atoms with van der Waals surface area (Å²) in [7, 11) is 0. The summed E-state index contributed by atoms with van der Waals surface area (Å²) in [5.41, 5.74) is 6.63. The lowest BCUT2D eigenvalue weighted by Gasteiger charge is -2.12. The molecular formula is C12H18N2O3. The Morgan fingerprint density at radius 2 is 2.29 bits per heavy atom. The lowest BCUT2D eigenvalue weighted by Crippen LogP contribution is -2.35. The first-order chi connectivity index (χ1) is 8.08. The summed E-state index contributed by atoms with van der Waals surface area (Å²) < 4.78 is 5.28. The van der Waals surface area contributed by atoms with Crippen molar-refractivity contribution in [3.05, 3.63) is 23.8 Å². The summed E-state index contributed by atoms with van der Waals surface area (Å²) in [4.78, 5) is 11.7. The molecule has 0 aromatic heterocycles. The maximum atomic E-state index is 11.7. The van der Waals surface area contributed by atoms with Crippen LogP contribution >= 0.6 is 0 Å². The van der Waals surface area contributed by atoms with Crippen molar-refractivity contribution in [3.8, 4) is 5.75 Å². The predicted octanol–water partition coefficient (Wildman–Crippen LogP) is 0.778. The normalized spacial score (nSPS) is 11.9. The molecule has 1 amide bonds. The number of aliphatic hydroxyl groups is 1. The van der Waals surface area contributed by atoms with Crippen LogP contribution in [0.3, 0.4) is 0 Å². The number of rotatable bonds is 5. The number of hydrogen-bond donors (Lipinski definition) is 3. The van der Waals surface area contributed by atoms with Crippen LogP contribution in [0.15, 0.2) is 18.2 Å². The summed E-state index contributed by atoms with van der Waals surface area (Å²) in [6.07, 6.45) is 0. The van der Waals surface area contributed by atoms with Crippen LogP contribution in [0.4, 0.5) is 5.69 Å². The molecule has 0 aliphatic carbocycles. The predicted molar refractivity (Wildman–Crippen MR) is 66.0 cm³/mol. The van der Waals surface area contributed by atoms with Crippen LogP contribution < -0.4 is 15.8 Å². The lowest BCUT2D eigenvalue weighted by molar-refractivity contribution is 0.0922. The molecule has 1 aromatic rings. The van der Waals surface area contributed by atoms with Crippen molar-refractivity contribution >= 4 is 11.6 Å². The minimum atomic E-state index is -0.282. The number of nitrogens with two attached hydrogens (primary N) is 1. The van der Waals surface area contributed by atoms with Gasteiger partial charge in [0.05, 0.1) is 18.9 Å². The summed E-state index contributed by atoms with van der Waals surface area (Å²) in [5, 5.41) is 11.5. The fourth-order valence-electron chi connectivity index (χ4n) is 1.33. The quantitative estimate of drug-likeness (QED) is 0.662. The molecule has 1 atom stereocenters. The van der Waals surface area contributed by atoms with Gasteiger partial charge in [-0.25, -0.2) is 0 Å². The summed E-state index contributed by atoms with van der Waals surface area (Å²) >= 11 is 0. The van der Waals surface area contributed by atoms with Gasteiger partial charge >= 0.3 is 0 Å². The number of carbonyl (C=O) groups excluding carboxylic acids is 1. The van der Waals surface area contributed by atoms with Crippen molar-refractivity contribution in [2.75, 3.05) is 18.9 Å². The minimum Gasteiger partial charge on any atom is -0.492 e. The van der Waals surface area contributed by atoms with Crippen LogP contribution in [-0.4, -0.2) is 30.3 Å². The number of amides is 1. The average Bonchev–Trinajstić information content (AvgIpc) is 2.31. The highest BCUT2D eigenvalue weighted by Gasteiger charge is 2.10. The van der Waals surface area contributed by atoms with Crippen molar-refractivity contribution in [1.29, 1.82) is 0 Å². The summed E-state index contributed by atoms with van der Waals surface area (Å²) in [6, 6.07) is 4.58. The van der Waals surface area contributed by atoms with Gasteiger partial charge in [-0.05, 0) is 32.0 Å². The summed E-state index contributed by atoms with van der Waals surface area (Å²) in [5.74, 6) is 0.306. The third-order valence-electron chi connectivity index (χ3n) is 2.22. The van der Waals surface area contributed by atoms with Gasteiger partial charge < -0.3 is 20.9 Å². The van der Waals surface area contributed by atoms with E-state index in [1.54, 1.807) is 25.1 Å². The zero-order valence-electron chi connectivity index (χ0n) is 10.1. The van der Waals surface area contributed by atoms with Gasteiger partial charge in [0, 0.05) is 11.6 Å². The van der Waals surface area contributed by atoms with Crippen LogP contribution in [0.25, 0.3) is 0 Å². The monoisotopic (exact) mass is 238 g/mol. The van der Waals surface area contributed by atoms with Gasteiger partial charge in [-0.15, -0.1) is 0 Å². The molecule has 0 aliphatic heterocycles. The van der Waals surface area contributed by atoms with E-state index in [-0.39, 0.29) is 18.6 Å². The lowest BCUT2D eigenvalue weighted by atomic mass is 10.1. The number of hydrogen-bond acceptors (Lipinski definition) is 4. The first-order valence-electron chi connectivity index (χ1n) is 5.52. The van der Waals surface area contributed by atoms with E-state index in [1.165, 1.54) is 0 Å². The van der Waals surface area contributed by atoms with Gasteiger partial charge in [0.15, 0.2) is 0 Å². The van der Waals surface area contributed by atoms with Crippen molar-refractivity contribution in [2.24, 2.45) is 0 Å². The average molecular weight is 238 g/mol. The Labute approximate surface area is 101 Å². The van der Waals surface area contributed by atoms with E-state index in [1.807, 2.05) is 6.92 Å². The molecule has 0 saturated heterocycles. The van der Waals surface area contributed by atoms with Crippen LogP contribution in [0.5, 0.6) is 5.75 Å². The molecule has 5 heteroatoms. The molecule has 0 saturated carbocycles. The Hall–Kier alpha value is -1.75. The standard InChI is InChI=1S/C12H18N2O3/c1-3-17-11-5-4-9(6-10(11)13)12(16)14-8(2)7-15/h4-6,8,15H,3,7,13H2,1-2H3,(H,14,16). The van der Waals surface area contributed by atoms with Crippen molar-refractivity contribution < 1.29 is 14.6 Å². The van der Waals surface area contributed by atoms with Gasteiger partial charge in [-0.2, -0.15) is 0 Å². The number of carbonyl (C=O) groups is 1. The second-order valence-electron chi connectivity index (χ2n) is 3.74. The topological polar surface area (TPSA) is 84.6 Å². The molecule has 0 bridgehead atoms. The Balaban J connectivity index is 2.79. The first-order valence-corrected chi connectivity index (χ1v) is 5.52. The van der Waals surface area contributed by atoms with E-state index >= 15 is 0 Å². The van der Waals surface area contributed by atoms with Crippen LogP contribution in [-0.2, 0) is 0 Å². The number of aliphatic hydroxyl groups excluding tert-OH is 1. The highest BCUT2D eigenvalue weighted by molar-refractivity contribution is 5.95. The fraction of sp³-hybridized carbons (Fsp3) is 0.417. The number of anilines is 1. The van der Waals surface area contributed by atoms with Gasteiger partial charge in [0.2, 0.25) is 0 Å². The molecular weight excluding hydrogens is 220 g/mol. The van der Waals surface area contributed by atoms with Gasteiger partial charge in [-0.1, -0.05) is 0 Å². The number of ether oxygens (including phenoxy) is 1. The smallest absolute Gasteiger partial charge is 0.251 e. The molecule has 1 rings (SSSR count). The van der Waals surface area contributed by atoms with Crippen LogP contribution in [0, 0.1) is 0 Å². The molecule has 0 radical (unpaired) electrons. The highest BCUT2D eigenvalue weighted by Crippen LogP contribution is 2.22. The zero-order chi connectivity index (χ0) is 12.8. The Bertz CT molecular complexity index is 393. The third kappa shape index (κ3) is 3.64. The molecule has 5 nitrogen and oxygen atoms in total. The second kappa shape index (κ2) is 6.10. The Kier molecular flexibility index (Phi) is 4.78. The van der Waals surface area contributed by atoms with Crippen molar-refractivity contribution in [1.82, 2.24) is 5.32 Å². The maximum Gasteiger partial charge on any atom is 0.251 e. The molecule has 0 aliphatic rings. The SMILES string of the molecule is CCOc1ccc(C(=O)NC(C)CO)cc1N. The Morgan fingerprint density at radius 1 is 1.59 bits per heavy atom. The second-order valence-corrected chi connectivity index (χ2v) is 3.74. The van der Waals surface area contributed by atoms with Gasteiger partial charge in [-0.3, -0.25) is 4.79 Å². The molecule has 1 unspecified atom stereocenters. The number of nitrogen functional groups attached to an aromatic ring is 1. The van der Waals surface area contributed by atoms with Crippen molar-refractivity contribution in [3.63, 3.8) is 0 Å². The molecule has 0 fully saturated rings. The van der Waals surface area contributed by atoms with E-state index < -0.39 is 0 Å².